The molecular weight excluding hydrogens is 264 g/mol. The van der Waals surface area contributed by atoms with Gasteiger partial charge in [-0.2, -0.15) is 0 Å². The van der Waals surface area contributed by atoms with E-state index in [-0.39, 0.29) is 5.91 Å². The van der Waals surface area contributed by atoms with Crippen LogP contribution in [-0.4, -0.2) is 28.9 Å². The van der Waals surface area contributed by atoms with E-state index in [0.29, 0.717) is 31.1 Å². The first-order chi connectivity index (χ1) is 10.2. The van der Waals surface area contributed by atoms with Crippen LogP contribution in [0.2, 0.25) is 0 Å². The third kappa shape index (κ3) is 4.05. The molecule has 0 N–H and O–H groups in total. The molecule has 0 atom stereocenters. The molecule has 0 aliphatic carbocycles. The number of rotatable bonds is 6. The van der Waals surface area contributed by atoms with Crippen molar-refractivity contribution in [3.05, 3.63) is 59.8 Å². The quantitative estimate of drug-likeness (QED) is 0.818. The highest BCUT2D eigenvalue weighted by Crippen LogP contribution is 2.12. The molecule has 0 aliphatic heterocycles. The summed E-state index contributed by atoms with van der Waals surface area (Å²) < 4.78 is 5.60. The molecule has 110 valence electrons. The van der Waals surface area contributed by atoms with E-state index in [1.165, 1.54) is 0 Å². The van der Waals surface area contributed by atoms with Crippen molar-refractivity contribution in [1.29, 1.82) is 0 Å². The van der Waals surface area contributed by atoms with Crippen LogP contribution < -0.4 is 4.74 Å². The Morgan fingerprint density at radius 1 is 1.10 bits per heavy atom. The molecule has 2 rings (SSSR count). The van der Waals surface area contributed by atoms with Gasteiger partial charge in [-0.15, -0.1) is 0 Å². The topological polar surface area (TPSA) is 42.4 Å². The van der Waals surface area contributed by atoms with Gasteiger partial charge < -0.3 is 9.64 Å². The molecule has 0 radical (unpaired) electrons. The van der Waals surface area contributed by atoms with Crippen molar-refractivity contribution in [3.63, 3.8) is 0 Å². The van der Waals surface area contributed by atoms with Crippen LogP contribution in [0.5, 0.6) is 5.88 Å². The highest BCUT2D eigenvalue weighted by atomic mass is 16.5. The van der Waals surface area contributed by atoms with Gasteiger partial charge in [0.15, 0.2) is 0 Å². The predicted octanol–water partition coefficient (Wildman–Crippen LogP) is 3.14. The molecule has 4 heteroatoms. The Morgan fingerprint density at radius 3 is 2.38 bits per heavy atom. The van der Waals surface area contributed by atoms with Crippen molar-refractivity contribution in [2.24, 2.45) is 0 Å². The van der Waals surface area contributed by atoms with Gasteiger partial charge in [0.1, 0.15) is 6.61 Å². The minimum atomic E-state index is 0.00195. The first kappa shape index (κ1) is 15.0. The summed E-state index contributed by atoms with van der Waals surface area (Å²) in [5.74, 6) is 0.525. The Labute approximate surface area is 125 Å². The van der Waals surface area contributed by atoms with Gasteiger partial charge in [-0.1, -0.05) is 30.3 Å². The SMILES string of the molecule is CCN(CC)C(=O)c1ccc(OCc2ccccc2)nc1. The number of hydrogen-bond donors (Lipinski definition) is 0. The van der Waals surface area contributed by atoms with Gasteiger partial charge in [0.2, 0.25) is 5.88 Å². The maximum atomic E-state index is 12.1. The zero-order chi connectivity index (χ0) is 15.1. The number of aromatic nitrogens is 1. The fourth-order valence-corrected chi connectivity index (χ4v) is 2.02. The van der Waals surface area contributed by atoms with Gasteiger partial charge in [0.25, 0.3) is 5.91 Å². The van der Waals surface area contributed by atoms with Gasteiger partial charge >= 0.3 is 0 Å². The Morgan fingerprint density at radius 2 is 1.81 bits per heavy atom. The van der Waals surface area contributed by atoms with Crippen LogP contribution in [0.25, 0.3) is 0 Å². The van der Waals surface area contributed by atoms with Crippen LogP contribution in [0.1, 0.15) is 29.8 Å². The number of benzene rings is 1. The fraction of sp³-hybridized carbons (Fsp3) is 0.294. The van der Waals surface area contributed by atoms with E-state index >= 15 is 0 Å². The van der Waals surface area contributed by atoms with E-state index in [0.717, 1.165) is 5.56 Å². The van der Waals surface area contributed by atoms with Gasteiger partial charge in [-0.05, 0) is 25.5 Å². The normalized spacial score (nSPS) is 10.2. The number of amides is 1. The zero-order valence-corrected chi connectivity index (χ0v) is 12.5. The molecule has 1 amide bonds. The average Bonchev–Trinajstić information content (AvgIpc) is 2.55. The molecule has 0 aliphatic rings. The molecule has 0 spiro atoms. The lowest BCUT2D eigenvalue weighted by atomic mass is 10.2. The second-order valence-electron chi connectivity index (χ2n) is 4.64. The minimum Gasteiger partial charge on any atom is -0.473 e. The van der Waals surface area contributed by atoms with Gasteiger partial charge in [0, 0.05) is 25.4 Å². The van der Waals surface area contributed by atoms with Crippen LogP contribution >= 0.6 is 0 Å². The molecule has 1 heterocycles. The molecular formula is C17H20N2O2. The van der Waals surface area contributed by atoms with Gasteiger partial charge in [-0.25, -0.2) is 4.98 Å². The smallest absolute Gasteiger partial charge is 0.255 e. The van der Waals surface area contributed by atoms with Crippen molar-refractivity contribution in [2.45, 2.75) is 20.5 Å². The van der Waals surface area contributed by atoms with E-state index in [9.17, 15) is 4.79 Å². The maximum Gasteiger partial charge on any atom is 0.255 e. The summed E-state index contributed by atoms with van der Waals surface area (Å²) in [5, 5.41) is 0. The molecule has 0 fully saturated rings. The van der Waals surface area contributed by atoms with Gasteiger partial charge in [0.05, 0.1) is 5.56 Å². The lowest BCUT2D eigenvalue weighted by Crippen LogP contribution is -2.30. The van der Waals surface area contributed by atoms with Crippen LogP contribution in [0.4, 0.5) is 0 Å². The summed E-state index contributed by atoms with van der Waals surface area (Å²) in [6, 6.07) is 13.4. The number of carbonyl (C=O) groups excluding carboxylic acids is 1. The minimum absolute atomic E-state index is 0.00195. The molecule has 21 heavy (non-hydrogen) atoms. The van der Waals surface area contributed by atoms with Crippen molar-refractivity contribution in [3.8, 4) is 5.88 Å². The van der Waals surface area contributed by atoms with Crippen LogP contribution in [0.15, 0.2) is 48.7 Å². The van der Waals surface area contributed by atoms with Crippen LogP contribution in [-0.2, 0) is 6.61 Å². The lowest BCUT2D eigenvalue weighted by Gasteiger charge is -2.18. The van der Waals surface area contributed by atoms with Crippen LogP contribution in [0.3, 0.4) is 0 Å². The summed E-state index contributed by atoms with van der Waals surface area (Å²) in [4.78, 5) is 18.1. The highest BCUT2D eigenvalue weighted by molar-refractivity contribution is 5.93. The van der Waals surface area contributed by atoms with Crippen molar-refractivity contribution >= 4 is 5.91 Å². The predicted molar refractivity (Wildman–Crippen MR) is 82.3 cm³/mol. The van der Waals surface area contributed by atoms with E-state index in [4.69, 9.17) is 4.74 Å². The van der Waals surface area contributed by atoms with E-state index < -0.39 is 0 Å². The van der Waals surface area contributed by atoms with E-state index in [1.54, 1.807) is 23.2 Å². The first-order valence-electron chi connectivity index (χ1n) is 7.16. The zero-order valence-electron chi connectivity index (χ0n) is 12.5. The number of carbonyl (C=O) groups is 1. The standard InChI is InChI=1S/C17H20N2O2/c1-3-19(4-2)17(20)15-10-11-16(18-12-15)21-13-14-8-6-5-7-9-14/h5-12H,3-4,13H2,1-2H3. The number of nitrogens with zero attached hydrogens (tertiary/aromatic N) is 2. The van der Waals surface area contributed by atoms with E-state index in [2.05, 4.69) is 4.98 Å². The fourth-order valence-electron chi connectivity index (χ4n) is 2.02. The maximum absolute atomic E-state index is 12.1. The van der Waals surface area contributed by atoms with Crippen molar-refractivity contribution in [1.82, 2.24) is 9.88 Å². The van der Waals surface area contributed by atoms with Gasteiger partial charge in [-0.3, -0.25) is 4.79 Å². The molecule has 4 nitrogen and oxygen atoms in total. The summed E-state index contributed by atoms with van der Waals surface area (Å²) in [6.45, 7) is 5.79. The molecule has 0 bridgehead atoms. The van der Waals surface area contributed by atoms with Crippen molar-refractivity contribution in [2.75, 3.05) is 13.1 Å². The third-order valence-corrected chi connectivity index (χ3v) is 3.26. The number of pyridine rings is 1. The second kappa shape index (κ2) is 7.43. The summed E-state index contributed by atoms with van der Waals surface area (Å²) in [7, 11) is 0. The summed E-state index contributed by atoms with van der Waals surface area (Å²) in [5.41, 5.74) is 1.67. The monoisotopic (exact) mass is 284 g/mol. The molecule has 0 unspecified atom stereocenters. The lowest BCUT2D eigenvalue weighted by molar-refractivity contribution is 0.0772. The molecule has 1 aromatic heterocycles. The van der Waals surface area contributed by atoms with E-state index in [1.807, 2.05) is 44.2 Å². The third-order valence-electron chi connectivity index (χ3n) is 3.26. The molecule has 0 saturated heterocycles. The Hall–Kier alpha value is -2.36. The second-order valence-corrected chi connectivity index (χ2v) is 4.64. The molecule has 2 aromatic rings. The average molecular weight is 284 g/mol. The highest BCUT2D eigenvalue weighted by Gasteiger charge is 2.12. The Kier molecular flexibility index (Phi) is 5.32. The Bertz CT molecular complexity index is 563. The number of hydrogen-bond acceptors (Lipinski definition) is 3. The molecule has 1 aromatic carbocycles. The molecule has 0 saturated carbocycles. The first-order valence-corrected chi connectivity index (χ1v) is 7.16. The summed E-state index contributed by atoms with van der Waals surface area (Å²) in [6.07, 6.45) is 1.57. The summed E-state index contributed by atoms with van der Waals surface area (Å²) >= 11 is 0. The Balaban J connectivity index is 1.97. The van der Waals surface area contributed by atoms with Crippen LogP contribution in [0, 0.1) is 0 Å². The number of ether oxygens (including phenoxy) is 1. The largest absolute Gasteiger partial charge is 0.473 e. The van der Waals surface area contributed by atoms with Crippen molar-refractivity contribution < 1.29 is 9.53 Å².